The van der Waals surface area contributed by atoms with Gasteiger partial charge in [-0.1, -0.05) is 48.0 Å². The van der Waals surface area contributed by atoms with Crippen LogP contribution < -0.4 is 10.1 Å². The molecule has 0 fully saturated rings. The summed E-state index contributed by atoms with van der Waals surface area (Å²) in [7, 11) is 0. The van der Waals surface area contributed by atoms with Gasteiger partial charge in [-0.25, -0.2) is 4.79 Å². The average molecular weight is 367 g/mol. The van der Waals surface area contributed by atoms with Crippen molar-refractivity contribution in [3.63, 3.8) is 0 Å². The standard InChI is InChI=1S/C22H25NO4/c1-4-26-20-8-6-5-7-19(20)13-14-21(24)27-17(3)22(25)23-15-18-11-9-16(2)10-12-18/h5-14,17H,4,15H2,1-3H3,(H,23,25)/b14-13+/t17-/m1/s1. The highest BCUT2D eigenvalue weighted by Crippen LogP contribution is 2.19. The van der Waals surface area contributed by atoms with E-state index < -0.39 is 12.1 Å². The zero-order chi connectivity index (χ0) is 19.6. The van der Waals surface area contributed by atoms with E-state index >= 15 is 0 Å². The molecule has 5 heteroatoms. The van der Waals surface area contributed by atoms with Gasteiger partial charge in [-0.15, -0.1) is 0 Å². The van der Waals surface area contributed by atoms with Gasteiger partial charge >= 0.3 is 5.97 Å². The minimum Gasteiger partial charge on any atom is -0.493 e. The molecule has 0 spiro atoms. The highest BCUT2D eigenvalue weighted by molar-refractivity contribution is 5.90. The van der Waals surface area contributed by atoms with Crippen LogP contribution in [0.3, 0.4) is 0 Å². The van der Waals surface area contributed by atoms with Crippen LogP contribution in [-0.2, 0) is 20.9 Å². The van der Waals surface area contributed by atoms with Crippen molar-refractivity contribution in [1.82, 2.24) is 5.32 Å². The Bertz CT molecular complexity index is 796. The molecule has 0 bridgehead atoms. The molecule has 0 saturated heterocycles. The number of carbonyl (C=O) groups is 2. The number of benzene rings is 2. The zero-order valence-corrected chi connectivity index (χ0v) is 15.9. The Labute approximate surface area is 160 Å². The van der Waals surface area contributed by atoms with E-state index in [0.717, 1.165) is 16.7 Å². The van der Waals surface area contributed by atoms with Crippen LogP contribution in [-0.4, -0.2) is 24.6 Å². The Morgan fingerprint density at radius 1 is 1.11 bits per heavy atom. The second-order valence-corrected chi connectivity index (χ2v) is 6.09. The molecule has 0 heterocycles. The zero-order valence-electron chi connectivity index (χ0n) is 15.9. The number of amides is 1. The summed E-state index contributed by atoms with van der Waals surface area (Å²) in [5, 5.41) is 2.76. The minimum absolute atomic E-state index is 0.341. The number of para-hydroxylation sites is 1. The smallest absolute Gasteiger partial charge is 0.331 e. The van der Waals surface area contributed by atoms with Gasteiger partial charge in [0.15, 0.2) is 6.10 Å². The molecule has 27 heavy (non-hydrogen) atoms. The molecule has 0 aliphatic carbocycles. The Morgan fingerprint density at radius 3 is 2.52 bits per heavy atom. The third kappa shape index (κ3) is 6.62. The van der Waals surface area contributed by atoms with Crippen LogP contribution in [0.2, 0.25) is 0 Å². The quantitative estimate of drug-likeness (QED) is 0.571. The first kappa shape index (κ1) is 20.2. The lowest BCUT2D eigenvalue weighted by Gasteiger charge is -2.12. The van der Waals surface area contributed by atoms with E-state index in [-0.39, 0.29) is 5.91 Å². The summed E-state index contributed by atoms with van der Waals surface area (Å²) in [5.74, 6) is -0.237. The van der Waals surface area contributed by atoms with Crippen LogP contribution in [0.15, 0.2) is 54.6 Å². The molecule has 0 saturated carbocycles. The van der Waals surface area contributed by atoms with Crippen molar-refractivity contribution < 1.29 is 19.1 Å². The Balaban J connectivity index is 1.85. The van der Waals surface area contributed by atoms with Gasteiger partial charge in [0.05, 0.1) is 6.61 Å². The van der Waals surface area contributed by atoms with Crippen LogP contribution in [0, 0.1) is 6.92 Å². The number of nitrogens with one attached hydrogen (secondary N) is 1. The van der Waals surface area contributed by atoms with Crippen molar-refractivity contribution in [3.8, 4) is 5.75 Å². The first-order valence-corrected chi connectivity index (χ1v) is 8.93. The normalized spacial score (nSPS) is 11.8. The SMILES string of the molecule is CCOc1ccccc1/C=C/C(=O)O[C@H](C)C(=O)NCc1ccc(C)cc1. The number of carbonyl (C=O) groups excluding carboxylic acids is 2. The van der Waals surface area contributed by atoms with E-state index in [1.165, 1.54) is 6.08 Å². The Hall–Kier alpha value is -3.08. The van der Waals surface area contributed by atoms with Crippen LogP contribution in [0.4, 0.5) is 0 Å². The van der Waals surface area contributed by atoms with Gasteiger partial charge < -0.3 is 14.8 Å². The fourth-order valence-electron chi connectivity index (χ4n) is 2.37. The van der Waals surface area contributed by atoms with Gasteiger partial charge in [0.1, 0.15) is 5.75 Å². The van der Waals surface area contributed by atoms with Crippen molar-refractivity contribution in [3.05, 3.63) is 71.3 Å². The molecule has 0 aromatic heterocycles. The number of aryl methyl sites for hydroxylation is 1. The molecule has 2 aromatic rings. The maximum absolute atomic E-state index is 12.1. The van der Waals surface area contributed by atoms with E-state index in [9.17, 15) is 9.59 Å². The van der Waals surface area contributed by atoms with E-state index in [1.54, 1.807) is 13.0 Å². The summed E-state index contributed by atoms with van der Waals surface area (Å²) >= 11 is 0. The molecule has 142 valence electrons. The molecule has 2 rings (SSSR count). The summed E-state index contributed by atoms with van der Waals surface area (Å²) in [6.45, 7) is 6.37. The summed E-state index contributed by atoms with van der Waals surface area (Å²) in [6.07, 6.45) is 2.03. The monoisotopic (exact) mass is 367 g/mol. The van der Waals surface area contributed by atoms with Gasteiger partial charge in [-0.05, 0) is 38.5 Å². The fourth-order valence-corrected chi connectivity index (χ4v) is 2.37. The summed E-state index contributed by atoms with van der Waals surface area (Å²) in [6, 6.07) is 15.2. The fraction of sp³-hybridized carbons (Fsp3) is 0.273. The topological polar surface area (TPSA) is 64.6 Å². The highest BCUT2D eigenvalue weighted by Gasteiger charge is 2.16. The van der Waals surface area contributed by atoms with Gasteiger partial charge in [0, 0.05) is 18.2 Å². The van der Waals surface area contributed by atoms with Crippen LogP contribution >= 0.6 is 0 Å². The summed E-state index contributed by atoms with van der Waals surface area (Å²) < 4.78 is 10.7. The molecular weight excluding hydrogens is 342 g/mol. The molecule has 1 atom stereocenters. The van der Waals surface area contributed by atoms with E-state index in [1.807, 2.05) is 62.4 Å². The molecule has 0 unspecified atom stereocenters. The molecule has 0 aliphatic heterocycles. The predicted molar refractivity (Wildman–Crippen MR) is 105 cm³/mol. The molecule has 1 amide bonds. The highest BCUT2D eigenvalue weighted by atomic mass is 16.5. The number of rotatable bonds is 8. The van der Waals surface area contributed by atoms with E-state index in [4.69, 9.17) is 9.47 Å². The molecule has 1 N–H and O–H groups in total. The lowest BCUT2D eigenvalue weighted by Crippen LogP contribution is -2.35. The number of hydrogen-bond donors (Lipinski definition) is 1. The number of esters is 1. The van der Waals surface area contributed by atoms with Crippen molar-refractivity contribution in [1.29, 1.82) is 0 Å². The Kier molecular flexibility index (Phi) is 7.62. The van der Waals surface area contributed by atoms with E-state index in [0.29, 0.717) is 18.9 Å². The van der Waals surface area contributed by atoms with E-state index in [2.05, 4.69) is 5.32 Å². The summed E-state index contributed by atoms with van der Waals surface area (Å²) in [5.41, 5.74) is 2.91. The number of hydrogen-bond acceptors (Lipinski definition) is 4. The second kappa shape index (κ2) is 10.2. The predicted octanol–water partition coefficient (Wildman–Crippen LogP) is 3.66. The summed E-state index contributed by atoms with van der Waals surface area (Å²) in [4.78, 5) is 24.1. The first-order valence-electron chi connectivity index (χ1n) is 8.93. The van der Waals surface area contributed by atoms with Gasteiger partial charge in [0.25, 0.3) is 5.91 Å². The van der Waals surface area contributed by atoms with Crippen molar-refractivity contribution in [2.75, 3.05) is 6.61 Å². The van der Waals surface area contributed by atoms with Crippen molar-refractivity contribution >= 4 is 18.0 Å². The largest absolute Gasteiger partial charge is 0.493 e. The lowest BCUT2D eigenvalue weighted by atomic mass is 10.1. The van der Waals surface area contributed by atoms with Crippen molar-refractivity contribution in [2.45, 2.75) is 33.4 Å². The first-order chi connectivity index (χ1) is 13.0. The maximum atomic E-state index is 12.1. The van der Waals surface area contributed by atoms with Gasteiger partial charge in [0.2, 0.25) is 0 Å². The molecule has 0 aliphatic rings. The molecule has 5 nitrogen and oxygen atoms in total. The van der Waals surface area contributed by atoms with Crippen LogP contribution in [0.1, 0.15) is 30.5 Å². The lowest BCUT2D eigenvalue weighted by molar-refractivity contribution is -0.150. The van der Waals surface area contributed by atoms with Gasteiger partial charge in [-0.2, -0.15) is 0 Å². The molecule has 2 aromatic carbocycles. The minimum atomic E-state index is -0.880. The average Bonchev–Trinajstić information content (AvgIpc) is 2.66. The van der Waals surface area contributed by atoms with Crippen LogP contribution in [0.25, 0.3) is 6.08 Å². The molecule has 0 radical (unpaired) electrons. The Morgan fingerprint density at radius 2 is 1.81 bits per heavy atom. The van der Waals surface area contributed by atoms with Gasteiger partial charge in [-0.3, -0.25) is 4.79 Å². The molecular formula is C22H25NO4. The third-order valence-corrected chi connectivity index (χ3v) is 3.87. The third-order valence-electron chi connectivity index (χ3n) is 3.87. The second-order valence-electron chi connectivity index (χ2n) is 6.09. The number of ether oxygens (including phenoxy) is 2. The van der Waals surface area contributed by atoms with Crippen LogP contribution in [0.5, 0.6) is 5.75 Å². The maximum Gasteiger partial charge on any atom is 0.331 e. The van der Waals surface area contributed by atoms with Crippen molar-refractivity contribution in [2.24, 2.45) is 0 Å².